The highest BCUT2D eigenvalue weighted by Gasteiger charge is 2.21. The second-order valence-corrected chi connectivity index (χ2v) is 4.76. The Bertz CT molecular complexity index is 457. The van der Waals surface area contributed by atoms with E-state index in [4.69, 9.17) is 14.2 Å². The van der Waals surface area contributed by atoms with E-state index in [-0.39, 0.29) is 6.04 Å². The normalized spacial score (nSPS) is 11.8. The van der Waals surface area contributed by atoms with E-state index in [2.05, 4.69) is 11.9 Å². The van der Waals surface area contributed by atoms with Crippen molar-refractivity contribution in [2.45, 2.75) is 25.8 Å². The smallest absolute Gasteiger partial charge is 0.203 e. The fourth-order valence-corrected chi connectivity index (χ4v) is 2.24. The Balaban J connectivity index is 3.17. The van der Waals surface area contributed by atoms with Gasteiger partial charge in [0, 0.05) is 11.6 Å². The first-order chi connectivity index (χ1) is 9.58. The minimum Gasteiger partial charge on any atom is -0.493 e. The molecule has 4 nitrogen and oxygen atoms in total. The van der Waals surface area contributed by atoms with Gasteiger partial charge in [0.25, 0.3) is 0 Å². The van der Waals surface area contributed by atoms with Crippen molar-refractivity contribution in [3.05, 3.63) is 29.8 Å². The van der Waals surface area contributed by atoms with Crippen LogP contribution in [0.4, 0.5) is 0 Å². The lowest BCUT2D eigenvalue weighted by molar-refractivity contribution is 0.319. The van der Waals surface area contributed by atoms with Crippen molar-refractivity contribution in [1.29, 1.82) is 0 Å². The summed E-state index contributed by atoms with van der Waals surface area (Å²) in [5.74, 6) is 2.01. The zero-order chi connectivity index (χ0) is 15.1. The summed E-state index contributed by atoms with van der Waals surface area (Å²) >= 11 is 0. The molecule has 0 fully saturated rings. The van der Waals surface area contributed by atoms with Gasteiger partial charge in [-0.1, -0.05) is 5.57 Å². The molecule has 0 aromatic heterocycles. The lowest BCUT2D eigenvalue weighted by Gasteiger charge is -2.22. The van der Waals surface area contributed by atoms with Crippen LogP contribution in [0.2, 0.25) is 0 Å². The van der Waals surface area contributed by atoms with Crippen LogP contribution in [0.25, 0.3) is 0 Å². The molecule has 0 heterocycles. The minimum atomic E-state index is 0.182. The van der Waals surface area contributed by atoms with E-state index in [0.29, 0.717) is 17.2 Å². The van der Waals surface area contributed by atoms with Crippen LogP contribution in [-0.2, 0) is 0 Å². The summed E-state index contributed by atoms with van der Waals surface area (Å²) in [5.41, 5.74) is 2.23. The van der Waals surface area contributed by atoms with Crippen molar-refractivity contribution in [3.8, 4) is 17.2 Å². The number of rotatable bonds is 8. The molecule has 1 aromatic carbocycles. The average Bonchev–Trinajstić information content (AvgIpc) is 2.46. The van der Waals surface area contributed by atoms with Gasteiger partial charge in [-0.15, -0.1) is 6.58 Å². The summed E-state index contributed by atoms with van der Waals surface area (Å²) in [5, 5.41) is 3.32. The monoisotopic (exact) mass is 279 g/mol. The lowest BCUT2D eigenvalue weighted by atomic mass is 9.98. The first-order valence-corrected chi connectivity index (χ1v) is 6.69. The van der Waals surface area contributed by atoms with Crippen molar-refractivity contribution in [1.82, 2.24) is 5.32 Å². The maximum atomic E-state index is 5.53. The number of allylic oxidation sites excluding steroid dienone is 1. The van der Waals surface area contributed by atoms with Crippen molar-refractivity contribution in [3.63, 3.8) is 0 Å². The number of nitrogens with one attached hydrogen (secondary N) is 1. The molecule has 1 unspecified atom stereocenters. The number of benzene rings is 1. The number of methoxy groups -OCH3 is 3. The summed E-state index contributed by atoms with van der Waals surface area (Å²) in [6.07, 6.45) is 1.92. The Labute approximate surface area is 121 Å². The van der Waals surface area contributed by atoms with Crippen molar-refractivity contribution < 1.29 is 14.2 Å². The van der Waals surface area contributed by atoms with Crippen molar-refractivity contribution >= 4 is 0 Å². The SMILES string of the molecule is C=C(C)CCC(NC)c1ccc(OC)c(OC)c1OC. The Morgan fingerprint density at radius 1 is 1.15 bits per heavy atom. The van der Waals surface area contributed by atoms with Crippen LogP contribution in [0.1, 0.15) is 31.4 Å². The fourth-order valence-electron chi connectivity index (χ4n) is 2.24. The van der Waals surface area contributed by atoms with E-state index in [1.165, 1.54) is 5.57 Å². The maximum absolute atomic E-state index is 5.53. The second-order valence-electron chi connectivity index (χ2n) is 4.76. The molecule has 0 radical (unpaired) electrons. The Morgan fingerprint density at radius 2 is 1.80 bits per heavy atom. The summed E-state index contributed by atoms with van der Waals surface area (Å²) in [4.78, 5) is 0. The van der Waals surface area contributed by atoms with Gasteiger partial charge >= 0.3 is 0 Å². The maximum Gasteiger partial charge on any atom is 0.203 e. The first kappa shape index (κ1) is 16.4. The highest BCUT2D eigenvalue weighted by atomic mass is 16.5. The Hall–Kier alpha value is -1.68. The fraction of sp³-hybridized carbons (Fsp3) is 0.500. The van der Waals surface area contributed by atoms with Crippen LogP contribution in [-0.4, -0.2) is 28.4 Å². The molecule has 0 bridgehead atoms. The molecule has 1 rings (SSSR count). The predicted molar refractivity (Wildman–Crippen MR) is 81.9 cm³/mol. The summed E-state index contributed by atoms with van der Waals surface area (Å²) in [6.45, 7) is 6.00. The Morgan fingerprint density at radius 3 is 2.25 bits per heavy atom. The van der Waals surface area contributed by atoms with E-state index >= 15 is 0 Å². The molecule has 0 aliphatic heterocycles. The third kappa shape index (κ3) is 3.67. The van der Waals surface area contributed by atoms with Gasteiger partial charge in [-0.25, -0.2) is 0 Å². The summed E-state index contributed by atoms with van der Waals surface area (Å²) < 4.78 is 16.3. The van der Waals surface area contributed by atoms with Gasteiger partial charge in [-0.05, 0) is 38.9 Å². The van der Waals surface area contributed by atoms with Gasteiger partial charge in [0.2, 0.25) is 5.75 Å². The molecule has 112 valence electrons. The molecule has 0 spiro atoms. The zero-order valence-electron chi connectivity index (χ0n) is 13.1. The third-order valence-corrected chi connectivity index (χ3v) is 3.32. The highest BCUT2D eigenvalue weighted by molar-refractivity contribution is 5.56. The molecule has 20 heavy (non-hydrogen) atoms. The predicted octanol–water partition coefficient (Wildman–Crippen LogP) is 3.33. The molecule has 0 saturated heterocycles. The van der Waals surface area contributed by atoms with Gasteiger partial charge in [0.05, 0.1) is 21.3 Å². The van der Waals surface area contributed by atoms with Crippen molar-refractivity contribution in [2.75, 3.05) is 28.4 Å². The third-order valence-electron chi connectivity index (χ3n) is 3.32. The standard InChI is InChI=1S/C16H25NO3/c1-11(2)7-9-13(17-3)12-8-10-14(18-4)16(20-6)15(12)19-5/h8,10,13,17H,1,7,9H2,2-6H3. The molecule has 0 saturated carbocycles. The largest absolute Gasteiger partial charge is 0.493 e. The Kier molecular flexibility index (Phi) is 6.39. The summed E-state index contributed by atoms with van der Waals surface area (Å²) in [7, 11) is 6.82. The number of ether oxygens (including phenoxy) is 3. The van der Waals surface area contributed by atoms with E-state index in [9.17, 15) is 0 Å². The van der Waals surface area contributed by atoms with E-state index in [1.807, 2.05) is 26.1 Å². The molecule has 0 aliphatic rings. The van der Waals surface area contributed by atoms with Crippen LogP contribution in [0.15, 0.2) is 24.3 Å². The van der Waals surface area contributed by atoms with E-state index < -0.39 is 0 Å². The second kappa shape index (κ2) is 7.80. The van der Waals surface area contributed by atoms with Gasteiger partial charge in [-0.3, -0.25) is 0 Å². The van der Waals surface area contributed by atoms with Crippen LogP contribution in [0, 0.1) is 0 Å². The van der Waals surface area contributed by atoms with Gasteiger partial charge in [-0.2, -0.15) is 0 Å². The molecule has 4 heteroatoms. The zero-order valence-corrected chi connectivity index (χ0v) is 13.1. The van der Waals surface area contributed by atoms with E-state index in [1.54, 1.807) is 21.3 Å². The first-order valence-electron chi connectivity index (χ1n) is 6.69. The van der Waals surface area contributed by atoms with Gasteiger partial charge < -0.3 is 19.5 Å². The van der Waals surface area contributed by atoms with Crippen LogP contribution < -0.4 is 19.5 Å². The topological polar surface area (TPSA) is 39.7 Å². The molecule has 1 atom stereocenters. The molecule has 1 aromatic rings. The number of hydrogen-bond acceptors (Lipinski definition) is 4. The quantitative estimate of drug-likeness (QED) is 0.741. The molecule has 0 aliphatic carbocycles. The van der Waals surface area contributed by atoms with Crippen LogP contribution in [0.5, 0.6) is 17.2 Å². The lowest BCUT2D eigenvalue weighted by Crippen LogP contribution is -2.17. The minimum absolute atomic E-state index is 0.182. The summed E-state index contributed by atoms with van der Waals surface area (Å²) in [6, 6.07) is 4.10. The van der Waals surface area contributed by atoms with E-state index in [0.717, 1.165) is 18.4 Å². The van der Waals surface area contributed by atoms with Crippen LogP contribution in [0.3, 0.4) is 0 Å². The molecule has 1 N–H and O–H groups in total. The van der Waals surface area contributed by atoms with Gasteiger partial charge in [0.15, 0.2) is 11.5 Å². The highest BCUT2D eigenvalue weighted by Crippen LogP contribution is 2.42. The van der Waals surface area contributed by atoms with Gasteiger partial charge in [0.1, 0.15) is 0 Å². The van der Waals surface area contributed by atoms with Crippen LogP contribution >= 0.6 is 0 Å². The van der Waals surface area contributed by atoms with Crippen molar-refractivity contribution in [2.24, 2.45) is 0 Å². The number of hydrogen-bond donors (Lipinski definition) is 1. The molecular formula is C16H25NO3. The average molecular weight is 279 g/mol. The molecular weight excluding hydrogens is 254 g/mol. The molecule has 0 amide bonds.